The first-order chi connectivity index (χ1) is 7.69. The summed E-state index contributed by atoms with van der Waals surface area (Å²) in [5.41, 5.74) is 5.39. The van der Waals surface area contributed by atoms with E-state index in [1.165, 1.54) is 23.5 Å². The van der Waals surface area contributed by atoms with Crippen molar-refractivity contribution in [2.45, 2.75) is 6.54 Å². The Bertz CT molecular complexity index is 505. The zero-order valence-corrected chi connectivity index (χ0v) is 10.4. The van der Waals surface area contributed by atoms with Crippen LogP contribution in [0.15, 0.2) is 22.7 Å². The topological polar surface area (TPSA) is 61.0 Å². The van der Waals surface area contributed by atoms with Gasteiger partial charge in [-0.1, -0.05) is 16.4 Å². The van der Waals surface area contributed by atoms with Gasteiger partial charge < -0.3 is 10.5 Å². The van der Waals surface area contributed by atoms with E-state index < -0.39 is 0 Å². The van der Waals surface area contributed by atoms with E-state index in [-0.39, 0.29) is 5.82 Å². The van der Waals surface area contributed by atoms with Crippen LogP contribution in [0, 0.1) is 5.82 Å². The number of halogens is 2. The molecule has 0 fully saturated rings. The third-order valence-electron chi connectivity index (χ3n) is 1.71. The third-order valence-corrected chi connectivity index (χ3v) is 3.19. The maximum Gasteiger partial charge on any atom is 0.299 e. The number of nitrogens with zero attached hydrogens (tertiary/aromatic N) is 2. The normalized spacial score (nSPS) is 10.4. The summed E-state index contributed by atoms with van der Waals surface area (Å²) in [6.45, 7) is 0.311. The second kappa shape index (κ2) is 4.86. The average molecular weight is 304 g/mol. The van der Waals surface area contributed by atoms with Crippen LogP contribution in [0.25, 0.3) is 0 Å². The van der Waals surface area contributed by atoms with E-state index in [1.807, 2.05) is 0 Å². The van der Waals surface area contributed by atoms with Gasteiger partial charge in [0.25, 0.3) is 5.19 Å². The molecule has 0 atom stereocenters. The summed E-state index contributed by atoms with van der Waals surface area (Å²) in [4.78, 5) is 0. The quantitative estimate of drug-likeness (QED) is 0.947. The summed E-state index contributed by atoms with van der Waals surface area (Å²) < 4.78 is 19.0. The van der Waals surface area contributed by atoms with E-state index in [0.29, 0.717) is 27.0 Å². The maximum absolute atomic E-state index is 13.0. The Balaban J connectivity index is 2.22. The predicted octanol–water partition coefficient (Wildman–Crippen LogP) is 2.69. The summed E-state index contributed by atoms with van der Waals surface area (Å²) >= 11 is 4.48. The summed E-state index contributed by atoms with van der Waals surface area (Å²) in [6.07, 6.45) is 0. The Morgan fingerprint density at radius 1 is 1.44 bits per heavy atom. The molecule has 1 heterocycles. The van der Waals surface area contributed by atoms with Gasteiger partial charge in [0.2, 0.25) is 0 Å². The fourth-order valence-electron chi connectivity index (χ4n) is 1.01. The van der Waals surface area contributed by atoms with Crippen LogP contribution in [0.5, 0.6) is 10.9 Å². The summed E-state index contributed by atoms with van der Waals surface area (Å²) in [6, 6.07) is 4.17. The molecule has 1 aromatic heterocycles. The van der Waals surface area contributed by atoms with Crippen molar-refractivity contribution in [2.24, 2.45) is 5.73 Å². The summed E-state index contributed by atoms with van der Waals surface area (Å²) in [5, 5.41) is 8.58. The zero-order valence-electron chi connectivity index (χ0n) is 7.98. The highest BCUT2D eigenvalue weighted by molar-refractivity contribution is 9.10. The molecule has 0 radical (unpaired) electrons. The van der Waals surface area contributed by atoms with E-state index in [9.17, 15) is 4.39 Å². The molecule has 2 aromatic rings. The van der Waals surface area contributed by atoms with Crippen LogP contribution in [-0.2, 0) is 6.54 Å². The molecule has 84 valence electrons. The highest BCUT2D eigenvalue weighted by Crippen LogP contribution is 2.31. The Hall–Kier alpha value is -1.05. The molecule has 0 bridgehead atoms. The number of aromatic nitrogens is 2. The van der Waals surface area contributed by atoms with Crippen molar-refractivity contribution in [3.05, 3.63) is 33.5 Å². The summed E-state index contributed by atoms with van der Waals surface area (Å²) in [5.74, 6) is -0.0125. The molecule has 0 aliphatic rings. The minimum Gasteiger partial charge on any atom is -0.428 e. The molecule has 0 saturated carbocycles. The summed E-state index contributed by atoms with van der Waals surface area (Å²) in [7, 11) is 0. The lowest BCUT2D eigenvalue weighted by Gasteiger charge is -2.03. The molecule has 7 heteroatoms. The number of ether oxygens (including phenoxy) is 1. The van der Waals surface area contributed by atoms with Crippen LogP contribution < -0.4 is 10.5 Å². The fourth-order valence-corrected chi connectivity index (χ4v) is 1.92. The molecule has 0 aliphatic carbocycles. The van der Waals surface area contributed by atoms with Gasteiger partial charge in [-0.2, -0.15) is 0 Å². The highest BCUT2D eigenvalue weighted by atomic mass is 79.9. The smallest absolute Gasteiger partial charge is 0.299 e. The van der Waals surface area contributed by atoms with Crippen LogP contribution >= 0.6 is 27.3 Å². The molecule has 2 rings (SSSR count). The molecule has 1 aromatic carbocycles. The number of nitrogens with two attached hydrogens (primary N) is 1. The van der Waals surface area contributed by atoms with Gasteiger partial charge in [-0.3, -0.25) is 0 Å². The van der Waals surface area contributed by atoms with Gasteiger partial charge >= 0.3 is 0 Å². The molecular formula is C9H7BrFN3OS. The van der Waals surface area contributed by atoms with E-state index >= 15 is 0 Å². The largest absolute Gasteiger partial charge is 0.428 e. The van der Waals surface area contributed by atoms with Crippen LogP contribution in [0.3, 0.4) is 0 Å². The Morgan fingerprint density at radius 2 is 2.25 bits per heavy atom. The molecule has 0 unspecified atom stereocenters. The van der Waals surface area contributed by atoms with Crippen molar-refractivity contribution in [1.82, 2.24) is 10.2 Å². The molecule has 4 nitrogen and oxygen atoms in total. The zero-order chi connectivity index (χ0) is 11.5. The van der Waals surface area contributed by atoms with Gasteiger partial charge in [-0.05, 0) is 28.1 Å². The molecule has 0 spiro atoms. The van der Waals surface area contributed by atoms with E-state index in [4.69, 9.17) is 10.5 Å². The predicted molar refractivity (Wildman–Crippen MR) is 62.0 cm³/mol. The average Bonchev–Trinajstić information content (AvgIpc) is 2.71. The minimum atomic E-state index is -0.373. The monoisotopic (exact) mass is 303 g/mol. The van der Waals surface area contributed by atoms with Crippen LogP contribution in [-0.4, -0.2) is 10.2 Å². The second-order valence-corrected chi connectivity index (χ2v) is 4.72. The van der Waals surface area contributed by atoms with Crippen LogP contribution in [0.1, 0.15) is 5.01 Å². The molecule has 16 heavy (non-hydrogen) atoms. The van der Waals surface area contributed by atoms with Crippen molar-refractivity contribution in [1.29, 1.82) is 0 Å². The fraction of sp³-hybridized carbons (Fsp3) is 0.111. The first-order valence-corrected chi connectivity index (χ1v) is 5.95. The van der Waals surface area contributed by atoms with Crippen LogP contribution in [0.4, 0.5) is 4.39 Å². The van der Waals surface area contributed by atoms with Gasteiger partial charge in [0.05, 0.1) is 4.47 Å². The van der Waals surface area contributed by atoms with Gasteiger partial charge in [-0.25, -0.2) is 4.39 Å². The lowest BCUT2D eigenvalue weighted by molar-refractivity contribution is 0.465. The standard InChI is InChI=1S/C9H7BrFN3OS/c10-6-2-1-5(11)3-7(6)15-9-14-13-8(4-12)16-9/h1-3H,4,12H2. The number of benzene rings is 1. The first kappa shape index (κ1) is 11.4. The van der Waals surface area contributed by atoms with E-state index in [0.717, 1.165) is 0 Å². The molecule has 2 N–H and O–H groups in total. The van der Waals surface area contributed by atoms with Crippen molar-refractivity contribution in [2.75, 3.05) is 0 Å². The number of hydrogen-bond donors (Lipinski definition) is 1. The van der Waals surface area contributed by atoms with Crippen LogP contribution in [0.2, 0.25) is 0 Å². The van der Waals surface area contributed by atoms with Crippen molar-refractivity contribution >= 4 is 27.3 Å². The van der Waals surface area contributed by atoms with Crippen molar-refractivity contribution in [3.63, 3.8) is 0 Å². The van der Waals surface area contributed by atoms with Gasteiger partial charge in [0.1, 0.15) is 16.6 Å². The maximum atomic E-state index is 13.0. The second-order valence-electron chi connectivity index (χ2n) is 2.84. The third kappa shape index (κ3) is 2.55. The molecular weight excluding hydrogens is 297 g/mol. The lowest BCUT2D eigenvalue weighted by Crippen LogP contribution is -1.94. The molecule has 0 amide bonds. The number of hydrogen-bond acceptors (Lipinski definition) is 5. The van der Waals surface area contributed by atoms with E-state index in [1.54, 1.807) is 6.07 Å². The van der Waals surface area contributed by atoms with Gasteiger partial charge in [-0.15, -0.1) is 5.10 Å². The van der Waals surface area contributed by atoms with Gasteiger partial charge in [0, 0.05) is 12.6 Å². The molecule has 0 saturated heterocycles. The lowest BCUT2D eigenvalue weighted by atomic mass is 10.3. The number of rotatable bonds is 3. The Labute approximate surface area is 103 Å². The van der Waals surface area contributed by atoms with Crippen molar-refractivity contribution < 1.29 is 9.13 Å². The van der Waals surface area contributed by atoms with E-state index in [2.05, 4.69) is 26.1 Å². The Kier molecular flexibility index (Phi) is 3.47. The van der Waals surface area contributed by atoms with Gasteiger partial charge in [0.15, 0.2) is 0 Å². The Morgan fingerprint density at radius 3 is 2.94 bits per heavy atom. The molecule has 0 aliphatic heterocycles. The first-order valence-electron chi connectivity index (χ1n) is 4.34. The minimum absolute atomic E-state index is 0.311. The van der Waals surface area contributed by atoms with Crippen molar-refractivity contribution in [3.8, 4) is 10.9 Å². The SMILES string of the molecule is NCc1nnc(Oc2cc(F)ccc2Br)s1. The highest BCUT2D eigenvalue weighted by Gasteiger charge is 2.08.